The molecule has 0 atom stereocenters. The van der Waals surface area contributed by atoms with Crippen LogP contribution in [0.4, 0.5) is 0 Å². The van der Waals surface area contributed by atoms with Gasteiger partial charge in [-0.3, -0.25) is 0 Å². The number of hydrogen-bond donors (Lipinski definition) is 1. The maximum Gasteiger partial charge on any atom is 0 e. The van der Waals surface area contributed by atoms with E-state index in [1.54, 1.807) is 0 Å². The molecule has 1 rings (SSSR count). The fourth-order valence-corrected chi connectivity index (χ4v) is 1.41. The zero-order valence-electron chi connectivity index (χ0n) is 11.9. The van der Waals surface area contributed by atoms with Crippen LogP contribution < -0.4 is 0 Å². The van der Waals surface area contributed by atoms with Gasteiger partial charge < -0.3 is 5.11 Å². The van der Waals surface area contributed by atoms with Gasteiger partial charge in [-0.1, -0.05) is 40.5 Å². The number of aliphatic hydroxyl groups excluding tert-OH is 1. The van der Waals surface area contributed by atoms with Crippen LogP contribution in [0.5, 0.6) is 0 Å². The van der Waals surface area contributed by atoms with E-state index >= 15 is 0 Å². The summed E-state index contributed by atoms with van der Waals surface area (Å²) < 4.78 is 15.0. The summed E-state index contributed by atoms with van der Waals surface area (Å²) in [7, 11) is 0. The summed E-state index contributed by atoms with van der Waals surface area (Å²) in [6.07, 6.45) is 4.53. The first kappa shape index (κ1) is 27.1. The van der Waals surface area contributed by atoms with Crippen LogP contribution in [0.25, 0.3) is 0 Å². The van der Waals surface area contributed by atoms with Gasteiger partial charge in [-0.2, -0.15) is 0 Å². The van der Waals surface area contributed by atoms with Gasteiger partial charge in [0.25, 0.3) is 0 Å². The van der Waals surface area contributed by atoms with Crippen LogP contribution >= 0.6 is 0 Å². The van der Waals surface area contributed by atoms with E-state index in [1.165, 1.54) is 29.6 Å². The molecule has 1 saturated carbocycles. The molecule has 1 fully saturated rings. The molecule has 19 heavy (non-hydrogen) atoms. The molecule has 1 aliphatic rings. The van der Waals surface area contributed by atoms with E-state index < -0.39 is 0 Å². The Labute approximate surface area is 131 Å². The summed E-state index contributed by atoms with van der Waals surface area (Å²) in [5, 5.41) is 7.64. The van der Waals surface area contributed by atoms with Gasteiger partial charge in [0.2, 0.25) is 0 Å². The Hall–Kier alpha value is -0.338. The Bertz CT molecular complexity index is 217. The molecule has 0 bridgehead atoms. The molecular weight excluding hydrogens is 414 g/mol. The maximum absolute atomic E-state index is 7.64. The second-order valence-electron chi connectivity index (χ2n) is 3.49. The monoisotopic (exact) mass is 434 g/mol. The Balaban J connectivity index is -0.000000107. The number of aliphatic hydroxyl groups is 1. The van der Waals surface area contributed by atoms with Crippen molar-refractivity contribution in [3.8, 4) is 12.3 Å². The quantitative estimate of drug-likeness (QED) is 0.356. The zero-order valence-corrected chi connectivity index (χ0v) is 14.6. The number of rotatable bonds is 0. The van der Waals surface area contributed by atoms with Gasteiger partial charge in [0.05, 0.1) is 0 Å². The molecule has 1 aliphatic carbocycles. The number of terminal acetylenes is 1. The van der Waals surface area contributed by atoms with E-state index in [9.17, 15) is 0 Å². The van der Waals surface area contributed by atoms with Gasteiger partial charge in [0, 0.05) is 20.4 Å². The molecular formula is C15H19O3Re. The molecule has 0 spiro atoms. The summed E-state index contributed by atoms with van der Waals surface area (Å²) >= 11 is 0. The SMILES string of the molecule is C#CCO.C[C]1[C](C)[C](C)[C](C)[C]1C.[C-]#[O+].[C-]#[O+].[Re]. The predicted molar refractivity (Wildman–Crippen MR) is 68.4 cm³/mol. The second-order valence-corrected chi connectivity index (χ2v) is 3.49. The molecule has 0 aromatic heterocycles. The van der Waals surface area contributed by atoms with Gasteiger partial charge >= 0.3 is 22.6 Å². The van der Waals surface area contributed by atoms with E-state index in [2.05, 4.69) is 54.3 Å². The minimum absolute atomic E-state index is 0. The molecule has 104 valence electrons. The minimum atomic E-state index is -0.153. The van der Waals surface area contributed by atoms with Crippen LogP contribution in [0.15, 0.2) is 0 Å². The van der Waals surface area contributed by atoms with Gasteiger partial charge in [0.15, 0.2) is 0 Å². The van der Waals surface area contributed by atoms with Crippen molar-refractivity contribution in [2.75, 3.05) is 6.61 Å². The standard InChI is InChI=1S/C10H15.C3H4O.2CO.Re/c1-6-7(2)9(4)10(5)8(6)3;1-2-3-4;2*1-2;/h1-5H3;1,4H,3H2;;;. The van der Waals surface area contributed by atoms with Crippen molar-refractivity contribution in [2.24, 2.45) is 0 Å². The van der Waals surface area contributed by atoms with Crippen molar-refractivity contribution in [3.63, 3.8) is 0 Å². The number of hydrogen-bond acceptors (Lipinski definition) is 1. The summed E-state index contributed by atoms with van der Waals surface area (Å²) in [5.74, 6) is 9.32. The van der Waals surface area contributed by atoms with E-state index in [0.29, 0.717) is 0 Å². The summed E-state index contributed by atoms with van der Waals surface area (Å²) in [6, 6.07) is 0. The van der Waals surface area contributed by atoms with Gasteiger partial charge in [-0.25, -0.2) is 0 Å². The van der Waals surface area contributed by atoms with E-state index in [-0.39, 0.29) is 27.0 Å². The molecule has 0 saturated heterocycles. The molecule has 0 unspecified atom stereocenters. The third kappa shape index (κ3) is 10.1. The zero-order chi connectivity index (χ0) is 15.3. The Morgan fingerprint density at radius 1 is 0.842 bits per heavy atom. The Morgan fingerprint density at radius 2 is 0.947 bits per heavy atom. The van der Waals surface area contributed by atoms with Crippen molar-refractivity contribution >= 4 is 0 Å². The first-order valence-electron chi connectivity index (χ1n) is 5.12. The third-order valence-electron chi connectivity index (χ3n) is 2.90. The predicted octanol–water partition coefficient (Wildman–Crippen LogP) is 2.51. The van der Waals surface area contributed by atoms with Crippen molar-refractivity contribution in [1.29, 1.82) is 0 Å². The van der Waals surface area contributed by atoms with Crippen LogP contribution in [0.1, 0.15) is 34.6 Å². The molecule has 0 amide bonds. The van der Waals surface area contributed by atoms with Gasteiger partial charge in [0.1, 0.15) is 6.61 Å². The van der Waals surface area contributed by atoms with Crippen LogP contribution in [0.3, 0.4) is 0 Å². The average Bonchev–Trinajstić information content (AvgIpc) is 2.61. The van der Waals surface area contributed by atoms with E-state index in [0.717, 1.165) is 0 Å². The molecule has 1 N–H and O–H groups in total. The van der Waals surface area contributed by atoms with Gasteiger partial charge in [-0.15, -0.1) is 6.42 Å². The van der Waals surface area contributed by atoms with Crippen LogP contribution in [0.2, 0.25) is 0 Å². The van der Waals surface area contributed by atoms with Crippen molar-refractivity contribution in [1.82, 2.24) is 0 Å². The van der Waals surface area contributed by atoms with Crippen molar-refractivity contribution in [2.45, 2.75) is 34.6 Å². The Kier molecular flexibility index (Phi) is 25.2. The van der Waals surface area contributed by atoms with Gasteiger partial charge in [-0.05, 0) is 29.6 Å². The normalized spacial score (nSPS) is 16.3. The molecule has 6 radical (unpaired) electrons. The fraction of sp³-hybridized carbons (Fsp3) is 0.400. The van der Waals surface area contributed by atoms with Crippen LogP contribution in [-0.4, -0.2) is 11.7 Å². The first-order chi connectivity index (χ1) is 8.47. The minimum Gasteiger partial charge on any atom is 0 e. The Morgan fingerprint density at radius 3 is 1.00 bits per heavy atom. The molecule has 4 heteroatoms. The largest absolute Gasteiger partial charge is 0 e. The van der Waals surface area contributed by atoms with E-state index in [1.807, 2.05) is 5.92 Å². The molecule has 3 nitrogen and oxygen atoms in total. The average molecular weight is 434 g/mol. The summed E-state index contributed by atoms with van der Waals surface area (Å²) in [5.41, 5.74) is 0. The second kappa shape index (κ2) is 17.7. The smallest absolute Gasteiger partial charge is 0 e. The molecule has 0 aliphatic heterocycles. The topological polar surface area (TPSA) is 60.0 Å². The van der Waals surface area contributed by atoms with Crippen LogP contribution in [-0.2, 0) is 29.7 Å². The molecule has 0 heterocycles. The fourth-order valence-electron chi connectivity index (χ4n) is 1.41. The van der Waals surface area contributed by atoms with Crippen LogP contribution in [0, 0.1) is 55.2 Å². The maximum atomic E-state index is 7.64. The van der Waals surface area contributed by atoms with E-state index in [4.69, 9.17) is 14.4 Å². The van der Waals surface area contributed by atoms with Crippen molar-refractivity contribution in [3.05, 3.63) is 42.9 Å². The summed E-state index contributed by atoms with van der Waals surface area (Å²) in [6.45, 7) is 19.8. The third-order valence-corrected chi connectivity index (χ3v) is 2.90. The molecule has 0 aromatic carbocycles. The summed E-state index contributed by atoms with van der Waals surface area (Å²) in [4.78, 5) is 0. The first-order valence-corrected chi connectivity index (χ1v) is 5.12. The molecule has 0 aromatic rings. The van der Waals surface area contributed by atoms with Crippen molar-refractivity contribution < 1.29 is 34.8 Å².